The molecule has 0 aromatic heterocycles. The molecular weight excluding hydrogens is 348 g/mol. The first-order valence-corrected chi connectivity index (χ1v) is 9.99. The third-order valence-corrected chi connectivity index (χ3v) is 8.41. The summed E-state index contributed by atoms with van der Waals surface area (Å²) >= 11 is 0. The van der Waals surface area contributed by atoms with Gasteiger partial charge in [0.1, 0.15) is 12.7 Å². The molecule has 0 aromatic rings. The van der Waals surface area contributed by atoms with E-state index in [1.807, 2.05) is 6.92 Å². The van der Waals surface area contributed by atoms with E-state index in [0.29, 0.717) is 19.3 Å². The number of esters is 2. The highest BCUT2D eigenvalue weighted by atomic mass is 16.5. The van der Waals surface area contributed by atoms with Crippen molar-refractivity contribution in [3.63, 3.8) is 0 Å². The van der Waals surface area contributed by atoms with Gasteiger partial charge in [-0.15, -0.1) is 0 Å². The van der Waals surface area contributed by atoms with Gasteiger partial charge >= 0.3 is 11.9 Å². The van der Waals surface area contributed by atoms with E-state index in [9.17, 15) is 19.8 Å². The lowest BCUT2D eigenvalue weighted by molar-refractivity contribution is -0.256. The summed E-state index contributed by atoms with van der Waals surface area (Å²) in [6.07, 6.45) is 2.03. The molecule has 27 heavy (non-hydrogen) atoms. The normalized spacial score (nSPS) is 49.0. The van der Waals surface area contributed by atoms with Crippen LogP contribution in [-0.4, -0.2) is 46.6 Å². The number of rotatable bonds is 1. The Bertz CT molecular complexity index is 724. The van der Waals surface area contributed by atoms with Crippen molar-refractivity contribution in [2.24, 2.45) is 22.7 Å². The molecule has 0 radical (unpaired) electrons. The van der Waals surface area contributed by atoms with Crippen molar-refractivity contribution >= 4 is 11.9 Å². The average molecular weight is 378 g/mol. The van der Waals surface area contributed by atoms with Gasteiger partial charge in [0.05, 0.1) is 11.7 Å². The molecule has 1 unspecified atom stereocenters. The van der Waals surface area contributed by atoms with Gasteiger partial charge in [0, 0.05) is 23.8 Å². The summed E-state index contributed by atoms with van der Waals surface area (Å²) < 4.78 is 11.1. The van der Waals surface area contributed by atoms with Crippen LogP contribution in [-0.2, 0) is 19.1 Å². The first-order valence-electron chi connectivity index (χ1n) is 9.99. The maximum atomic E-state index is 12.1. The molecule has 0 amide bonds. The maximum absolute atomic E-state index is 12.1. The topological polar surface area (TPSA) is 93.1 Å². The van der Waals surface area contributed by atoms with Gasteiger partial charge in [-0.1, -0.05) is 13.8 Å². The molecule has 6 nitrogen and oxygen atoms in total. The Labute approximate surface area is 159 Å². The Morgan fingerprint density at radius 1 is 1.26 bits per heavy atom. The van der Waals surface area contributed by atoms with E-state index in [1.165, 1.54) is 6.92 Å². The van der Waals surface area contributed by atoms with Crippen molar-refractivity contribution in [3.8, 4) is 0 Å². The van der Waals surface area contributed by atoms with E-state index in [2.05, 4.69) is 6.92 Å². The Kier molecular flexibility index (Phi) is 4.07. The number of aliphatic hydroxyl groups excluding tert-OH is 1. The standard InChI is InChI=1S/C21H30O6/c1-11(22)27-14-9-20(3)15(5-6-16(23)21(20,4)25)19(2)8-7-12-13(17(14)19)10-26-18(12)24/h14-17,23,25H,5-10H2,1-4H3/t14-,15?,16-,17+,19+,20+,21-/m0/s1. The lowest BCUT2D eigenvalue weighted by Gasteiger charge is -2.66. The number of carbonyl (C=O) groups excluding carboxylic acids is 2. The minimum Gasteiger partial charge on any atom is -0.462 e. The lowest BCUT2D eigenvalue weighted by Crippen LogP contribution is -2.68. The summed E-state index contributed by atoms with van der Waals surface area (Å²) in [5, 5.41) is 21.8. The van der Waals surface area contributed by atoms with Crippen molar-refractivity contribution in [2.75, 3.05) is 6.61 Å². The van der Waals surface area contributed by atoms with E-state index in [-0.39, 0.29) is 35.8 Å². The second-order valence-electron chi connectivity index (χ2n) is 9.63. The highest BCUT2D eigenvalue weighted by molar-refractivity contribution is 5.92. The van der Waals surface area contributed by atoms with E-state index in [4.69, 9.17) is 9.47 Å². The van der Waals surface area contributed by atoms with Gasteiger partial charge in [-0.3, -0.25) is 4.79 Å². The lowest BCUT2D eigenvalue weighted by atomic mass is 9.40. The average Bonchev–Trinajstić information content (AvgIpc) is 2.92. The Morgan fingerprint density at radius 2 is 1.96 bits per heavy atom. The number of hydrogen-bond donors (Lipinski definition) is 2. The molecule has 1 heterocycles. The zero-order valence-electron chi connectivity index (χ0n) is 16.6. The number of carbonyl (C=O) groups is 2. The molecule has 4 rings (SSSR count). The Hall–Kier alpha value is -1.40. The second-order valence-corrected chi connectivity index (χ2v) is 9.63. The van der Waals surface area contributed by atoms with Crippen LogP contribution in [0.15, 0.2) is 11.1 Å². The number of fused-ring (bicyclic) bond motifs is 4. The number of aliphatic hydroxyl groups is 2. The fourth-order valence-electron chi connectivity index (χ4n) is 6.90. The second kappa shape index (κ2) is 5.80. The predicted molar refractivity (Wildman–Crippen MR) is 96.4 cm³/mol. The van der Waals surface area contributed by atoms with Gasteiger partial charge in [0.15, 0.2) is 0 Å². The third kappa shape index (κ3) is 2.38. The molecule has 4 aliphatic rings. The Balaban J connectivity index is 1.85. The van der Waals surface area contributed by atoms with Crippen molar-refractivity contribution in [2.45, 2.75) is 77.6 Å². The monoisotopic (exact) mass is 378 g/mol. The Morgan fingerprint density at radius 3 is 2.63 bits per heavy atom. The van der Waals surface area contributed by atoms with E-state index >= 15 is 0 Å². The minimum absolute atomic E-state index is 0.0827. The summed E-state index contributed by atoms with van der Waals surface area (Å²) in [5.41, 5.74) is -0.353. The molecule has 0 bridgehead atoms. The quantitative estimate of drug-likeness (QED) is 0.679. The molecule has 1 aliphatic heterocycles. The molecule has 0 aromatic carbocycles. The summed E-state index contributed by atoms with van der Waals surface area (Å²) in [6, 6.07) is 0. The van der Waals surface area contributed by atoms with Crippen LogP contribution in [0.5, 0.6) is 0 Å². The summed E-state index contributed by atoms with van der Waals surface area (Å²) in [7, 11) is 0. The molecular formula is C21H30O6. The van der Waals surface area contributed by atoms with Crippen molar-refractivity contribution in [1.82, 2.24) is 0 Å². The molecule has 3 aliphatic carbocycles. The van der Waals surface area contributed by atoms with Gasteiger partial charge < -0.3 is 19.7 Å². The number of hydrogen-bond acceptors (Lipinski definition) is 6. The zero-order valence-corrected chi connectivity index (χ0v) is 16.6. The van der Waals surface area contributed by atoms with Gasteiger partial charge in [0.25, 0.3) is 0 Å². The fourth-order valence-corrected chi connectivity index (χ4v) is 6.90. The van der Waals surface area contributed by atoms with Crippen molar-refractivity contribution < 1.29 is 29.3 Å². The molecule has 2 saturated carbocycles. The van der Waals surface area contributed by atoms with Crippen LogP contribution in [0, 0.1) is 22.7 Å². The largest absolute Gasteiger partial charge is 0.462 e. The van der Waals surface area contributed by atoms with E-state index in [1.54, 1.807) is 6.92 Å². The molecule has 6 heteroatoms. The van der Waals surface area contributed by atoms with E-state index < -0.39 is 23.2 Å². The van der Waals surface area contributed by atoms with Crippen LogP contribution < -0.4 is 0 Å². The van der Waals surface area contributed by atoms with Crippen molar-refractivity contribution in [3.05, 3.63) is 11.1 Å². The van der Waals surface area contributed by atoms with Crippen LogP contribution in [0.2, 0.25) is 0 Å². The summed E-state index contributed by atoms with van der Waals surface area (Å²) in [6.45, 7) is 7.62. The SMILES string of the molecule is CC(=O)O[C@H]1C[C@]2(C)C(CC[C@H](O)[C@]2(C)O)[C@@]2(C)CCC3=C(COC3=O)[C@H]12. The van der Waals surface area contributed by atoms with Gasteiger partial charge in [-0.05, 0) is 55.9 Å². The van der Waals surface area contributed by atoms with E-state index in [0.717, 1.165) is 24.0 Å². The highest BCUT2D eigenvalue weighted by Crippen LogP contribution is 2.67. The molecule has 0 spiro atoms. The third-order valence-electron chi connectivity index (χ3n) is 8.41. The fraction of sp³-hybridized carbons (Fsp3) is 0.810. The highest BCUT2D eigenvalue weighted by Gasteiger charge is 2.68. The number of ether oxygens (including phenoxy) is 2. The first-order chi connectivity index (χ1) is 12.5. The van der Waals surface area contributed by atoms with Crippen LogP contribution >= 0.6 is 0 Å². The van der Waals surface area contributed by atoms with Crippen molar-refractivity contribution in [1.29, 1.82) is 0 Å². The molecule has 2 fully saturated rings. The smallest absolute Gasteiger partial charge is 0.334 e. The molecule has 0 saturated heterocycles. The molecule has 2 N–H and O–H groups in total. The summed E-state index contributed by atoms with van der Waals surface area (Å²) in [5.74, 6) is -0.530. The zero-order chi connectivity index (χ0) is 19.8. The van der Waals surface area contributed by atoms with Gasteiger partial charge in [-0.2, -0.15) is 0 Å². The minimum atomic E-state index is -1.26. The predicted octanol–water partition coefficient (Wildman–Crippen LogP) is 2.12. The van der Waals surface area contributed by atoms with Gasteiger partial charge in [-0.25, -0.2) is 4.79 Å². The van der Waals surface area contributed by atoms with Crippen LogP contribution in [0.1, 0.15) is 59.8 Å². The molecule has 7 atom stereocenters. The van der Waals surface area contributed by atoms with Gasteiger partial charge in [0.2, 0.25) is 0 Å². The van der Waals surface area contributed by atoms with Crippen LogP contribution in [0.3, 0.4) is 0 Å². The first kappa shape index (κ1) is 18.9. The molecule has 150 valence electrons. The number of cyclic esters (lactones) is 1. The maximum Gasteiger partial charge on any atom is 0.334 e. The van der Waals surface area contributed by atoms with Crippen LogP contribution in [0.4, 0.5) is 0 Å². The van der Waals surface area contributed by atoms with Crippen LogP contribution in [0.25, 0.3) is 0 Å². The summed E-state index contributed by atoms with van der Waals surface area (Å²) in [4.78, 5) is 24.0.